The van der Waals surface area contributed by atoms with E-state index < -0.39 is 0 Å². The summed E-state index contributed by atoms with van der Waals surface area (Å²) in [7, 11) is 0. The van der Waals surface area contributed by atoms with Crippen LogP contribution in [-0.2, 0) is 0 Å². The van der Waals surface area contributed by atoms with E-state index in [0.29, 0.717) is 5.75 Å². The third kappa shape index (κ3) is 1.95. The Morgan fingerprint density at radius 2 is 2.20 bits per heavy atom. The van der Waals surface area contributed by atoms with E-state index in [9.17, 15) is 5.11 Å². The van der Waals surface area contributed by atoms with Crippen molar-refractivity contribution in [1.82, 2.24) is 5.32 Å². The number of para-hydroxylation sites is 1. The Morgan fingerprint density at radius 3 is 2.93 bits per heavy atom. The maximum absolute atomic E-state index is 9.74. The average molecular weight is 202 g/mol. The van der Waals surface area contributed by atoms with Gasteiger partial charge in [0.2, 0.25) is 0 Å². The van der Waals surface area contributed by atoms with Gasteiger partial charge in [-0.15, -0.1) is 0 Å². The molecule has 78 valence electrons. The number of phenolic OH excluding ortho intramolecular Hbond substituents is 1. The van der Waals surface area contributed by atoms with Gasteiger partial charge < -0.3 is 10.4 Å². The fraction of sp³-hybridized carbons (Fsp3) is 0.417. The quantitative estimate of drug-likeness (QED) is 0.727. The van der Waals surface area contributed by atoms with Crippen LogP contribution >= 0.6 is 0 Å². The summed E-state index contributed by atoms with van der Waals surface area (Å²) in [5.74, 6) is 0.427. The van der Waals surface area contributed by atoms with Gasteiger partial charge in [0.15, 0.2) is 0 Å². The van der Waals surface area contributed by atoms with Crippen molar-refractivity contribution in [2.24, 2.45) is 5.92 Å². The molecule has 0 saturated carbocycles. The van der Waals surface area contributed by atoms with Gasteiger partial charge in [0.1, 0.15) is 5.75 Å². The first-order valence-electron chi connectivity index (χ1n) is 5.21. The number of benzene rings is 1. The van der Waals surface area contributed by atoms with Crippen LogP contribution in [-0.4, -0.2) is 18.2 Å². The number of piperidine rings is 1. The molecule has 2 unspecified atom stereocenters. The first kappa shape index (κ1) is 10.0. The van der Waals surface area contributed by atoms with Gasteiger partial charge in [-0.2, -0.15) is 5.26 Å². The highest BCUT2D eigenvalue weighted by Gasteiger charge is 2.27. The zero-order chi connectivity index (χ0) is 10.7. The third-order valence-electron chi connectivity index (χ3n) is 2.98. The van der Waals surface area contributed by atoms with Gasteiger partial charge in [-0.3, -0.25) is 0 Å². The lowest BCUT2D eigenvalue weighted by atomic mass is 9.82. The van der Waals surface area contributed by atoms with Gasteiger partial charge in [-0.05, 0) is 24.6 Å². The Hall–Kier alpha value is -1.53. The van der Waals surface area contributed by atoms with Crippen molar-refractivity contribution in [3.8, 4) is 11.8 Å². The summed E-state index contributed by atoms with van der Waals surface area (Å²) in [5.41, 5.74) is 0.885. The Labute approximate surface area is 89.4 Å². The second kappa shape index (κ2) is 4.33. The molecule has 1 saturated heterocycles. The molecule has 1 heterocycles. The maximum Gasteiger partial charge on any atom is 0.119 e. The van der Waals surface area contributed by atoms with Crippen LogP contribution in [0.2, 0.25) is 0 Å². The summed E-state index contributed by atoms with van der Waals surface area (Å²) in [4.78, 5) is 0. The summed E-state index contributed by atoms with van der Waals surface area (Å²) < 4.78 is 0. The molecule has 2 atom stereocenters. The van der Waals surface area contributed by atoms with E-state index in [-0.39, 0.29) is 11.8 Å². The summed E-state index contributed by atoms with van der Waals surface area (Å²) in [5, 5.41) is 22.1. The number of nitrogens with one attached hydrogen (secondary N) is 1. The SMILES string of the molecule is N#CC1CCNCC1c1ccccc1O. The predicted octanol–water partition coefficient (Wildman–Crippen LogP) is 1.61. The molecule has 2 N–H and O–H groups in total. The largest absolute Gasteiger partial charge is 0.508 e. The molecule has 0 bridgehead atoms. The second-order valence-corrected chi connectivity index (χ2v) is 3.89. The second-order valence-electron chi connectivity index (χ2n) is 3.89. The molecule has 0 radical (unpaired) electrons. The molecule has 1 fully saturated rings. The van der Waals surface area contributed by atoms with Crippen LogP contribution in [0.1, 0.15) is 17.9 Å². The van der Waals surface area contributed by atoms with Crippen LogP contribution in [0, 0.1) is 17.2 Å². The van der Waals surface area contributed by atoms with Crippen molar-refractivity contribution in [1.29, 1.82) is 5.26 Å². The lowest BCUT2D eigenvalue weighted by Gasteiger charge is -2.28. The van der Waals surface area contributed by atoms with Gasteiger partial charge in [0.05, 0.1) is 12.0 Å². The molecule has 3 heteroatoms. The zero-order valence-corrected chi connectivity index (χ0v) is 8.48. The molecule has 3 nitrogen and oxygen atoms in total. The van der Waals surface area contributed by atoms with Crippen LogP contribution in [0.3, 0.4) is 0 Å². The Balaban J connectivity index is 2.29. The lowest BCUT2D eigenvalue weighted by Crippen LogP contribution is -2.34. The summed E-state index contributed by atoms with van der Waals surface area (Å²) in [6.45, 7) is 1.66. The fourth-order valence-electron chi connectivity index (χ4n) is 2.14. The summed E-state index contributed by atoms with van der Waals surface area (Å²) in [6.07, 6.45) is 0.857. The Morgan fingerprint density at radius 1 is 1.40 bits per heavy atom. The normalized spacial score (nSPS) is 25.8. The van der Waals surface area contributed by atoms with Crippen LogP contribution in [0.15, 0.2) is 24.3 Å². The van der Waals surface area contributed by atoms with Crippen molar-refractivity contribution in [2.75, 3.05) is 13.1 Å². The highest BCUT2D eigenvalue weighted by Crippen LogP contribution is 2.33. The molecule has 0 aliphatic carbocycles. The molecule has 2 rings (SSSR count). The summed E-state index contributed by atoms with van der Waals surface area (Å²) in [6, 6.07) is 9.61. The standard InChI is InChI=1S/C12H14N2O/c13-7-9-5-6-14-8-11(9)10-3-1-2-4-12(10)15/h1-4,9,11,14-15H,5-6,8H2. The highest BCUT2D eigenvalue weighted by molar-refractivity contribution is 5.36. The molecular formula is C12H14N2O. The van der Waals surface area contributed by atoms with E-state index in [1.807, 2.05) is 12.1 Å². The number of aromatic hydroxyl groups is 1. The van der Waals surface area contributed by atoms with Crippen molar-refractivity contribution in [2.45, 2.75) is 12.3 Å². The molecule has 0 aromatic heterocycles. The highest BCUT2D eigenvalue weighted by atomic mass is 16.3. The van der Waals surface area contributed by atoms with Crippen LogP contribution in [0.4, 0.5) is 0 Å². The number of phenols is 1. The topological polar surface area (TPSA) is 56.0 Å². The van der Waals surface area contributed by atoms with E-state index in [0.717, 1.165) is 25.1 Å². The fourth-order valence-corrected chi connectivity index (χ4v) is 2.14. The third-order valence-corrected chi connectivity index (χ3v) is 2.98. The van der Waals surface area contributed by atoms with E-state index in [2.05, 4.69) is 11.4 Å². The predicted molar refractivity (Wildman–Crippen MR) is 57.4 cm³/mol. The van der Waals surface area contributed by atoms with E-state index in [1.54, 1.807) is 12.1 Å². The van der Waals surface area contributed by atoms with Gasteiger partial charge in [-0.1, -0.05) is 18.2 Å². The van der Waals surface area contributed by atoms with Crippen molar-refractivity contribution < 1.29 is 5.11 Å². The van der Waals surface area contributed by atoms with Crippen LogP contribution in [0.25, 0.3) is 0 Å². The van der Waals surface area contributed by atoms with Crippen molar-refractivity contribution in [3.05, 3.63) is 29.8 Å². The Bertz CT molecular complexity index is 383. The molecular weight excluding hydrogens is 188 g/mol. The molecule has 1 aliphatic rings. The van der Waals surface area contributed by atoms with Crippen LogP contribution < -0.4 is 5.32 Å². The lowest BCUT2D eigenvalue weighted by molar-refractivity contribution is 0.372. The first-order valence-corrected chi connectivity index (χ1v) is 5.21. The van der Waals surface area contributed by atoms with Gasteiger partial charge in [0.25, 0.3) is 0 Å². The Kier molecular flexibility index (Phi) is 2.89. The summed E-state index contributed by atoms with van der Waals surface area (Å²) >= 11 is 0. The molecule has 1 aromatic carbocycles. The minimum atomic E-state index is 0.0135. The molecule has 1 aliphatic heterocycles. The monoisotopic (exact) mass is 202 g/mol. The number of nitrogens with zero attached hydrogens (tertiary/aromatic N) is 1. The van der Waals surface area contributed by atoms with E-state index >= 15 is 0 Å². The molecule has 0 amide bonds. The minimum Gasteiger partial charge on any atom is -0.508 e. The van der Waals surface area contributed by atoms with E-state index in [4.69, 9.17) is 5.26 Å². The van der Waals surface area contributed by atoms with Gasteiger partial charge >= 0.3 is 0 Å². The minimum absolute atomic E-state index is 0.0135. The van der Waals surface area contributed by atoms with E-state index in [1.165, 1.54) is 0 Å². The van der Waals surface area contributed by atoms with Gasteiger partial charge in [-0.25, -0.2) is 0 Å². The first-order chi connectivity index (χ1) is 7.33. The van der Waals surface area contributed by atoms with Crippen molar-refractivity contribution >= 4 is 0 Å². The average Bonchev–Trinajstić information content (AvgIpc) is 2.30. The zero-order valence-electron chi connectivity index (χ0n) is 8.48. The molecule has 0 spiro atoms. The van der Waals surface area contributed by atoms with Crippen molar-refractivity contribution in [3.63, 3.8) is 0 Å². The number of rotatable bonds is 1. The maximum atomic E-state index is 9.74. The number of hydrogen-bond donors (Lipinski definition) is 2. The molecule has 1 aromatic rings. The smallest absolute Gasteiger partial charge is 0.119 e. The van der Waals surface area contributed by atoms with Crippen LogP contribution in [0.5, 0.6) is 5.75 Å². The van der Waals surface area contributed by atoms with Gasteiger partial charge in [0, 0.05) is 12.5 Å². The molecule has 15 heavy (non-hydrogen) atoms. The number of nitriles is 1. The number of hydrogen-bond acceptors (Lipinski definition) is 3.